The number of carbonyl (C=O) groups excluding carboxylic acids is 1. The number of aromatic nitrogens is 4. The van der Waals surface area contributed by atoms with Gasteiger partial charge < -0.3 is 14.5 Å². The van der Waals surface area contributed by atoms with Gasteiger partial charge in [0, 0.05) is 37.7 Å². The van der Waals surface area contributed by atoms with E-state index in [-0.39, 0.29) is 5.92 Å². The third kappa shape index (κ3) is 4.13. The van der Waals surface area contributed by atoms with Crippen molar-refractivity contribution in [3.05, 3.63) is 36.4 Å². The summed E-state index contributed by atoms with van der Waals surface area (Å²) >= 11 is 0. The van der Waals surface area contributed by atoms with E-state index in [4.69, 9.17) is 9.84 Å². The van der Waals surface area contributed by atoms with E-state index in [1.807, 2.05) is 36.4 Å². The van der Waals surface area contributed by atoms with Gasteiger partial charge in [-0.3, -0.25) is 4.79 Å². The molecule has 0 N–H and O–H groups in total. The number of hydrogen-bond donors (Lipinski definition) is 0. The molecule has 0 aliphatic carbocycles. The normalized spacial score (nSPS) is 18.0. The summed E-state index contributed by atoms with van der Waals surface area (Å²) in [7, 11) is 1.65. The van der Waals surface area contributed by atoms with Crippen LogP contribution in [0.2, 0.25) is 0 Å². The molecular weight excluding hydrogens is 404 g/mol. The summed E-state index contributed by atoms with van der Waals surface area (Å²) in [5, 5.41) is 13.5. The first-order chi connectivity index (χ1) is 15.7. The Labute approximate surface area is 188 Å². The second kappa shape index (κ2) is 9.14. The summed E-state index contributed by atoms with van der Waals surface area (Å²) in [6, 6.07) is 11.7. The maximum absolute atomic E-state index is 13.0. The number of carbonyl (C=O) groups is 1. The van der Waals surface area contributed by atoms with Crippen LogP contribution in [0, 0.1) is 5.92 Å². The number of amides is 1. The zero-order valence-corrected chi connectivity index (χ0v) is 18.6. The fourth-order valence-electron chi connectivity index (χ4n) is 4.77. The third-order valence-corrected chi connectivity index (χ3v) is 6.68. The van der Waals surface area contributed by atoms with E-state index in [1.165, 1.54) is 12.8 Å². The van der Waals surface area contributed by atoms with Crippen molar-refractivity contribution in [2.45, 2.75) is 38.5 Å². The monoisotopic (exact) mass is 434 g/mol. The molecule has 0 radical (unpaired) electrons. The third-order valence-electron chi connectivity index (χ3n) is 6.68. The van der Waals surface area contributed by atoms with Gasteiger partial charge in [0.1, 0.15) is 11.6 Å². The molecule has 1 aromatic carbocycles. The Morgan fingerprint density at radius 2 is 1.62 bits per heavy atom. The predicted octanol–water partition coefficient (Wildman–Crippen LogP) is 3.42. The average Bonchev–Trinajstić information content (AvgIpc) is 3.08. The van der Waals surface area contributed by atoms with Gasteiger partial charge in [-0.15, -0.1) is 15.3 Å². The van der Waals surface area contributed by atoms with Crippen molar-refractivity contribution in [1.82, 2.24) is 24.7 Å². The second-order valence-corrected chi connectivity index (χ2v) is 8.71. The van der Waals surface area contributed by atoms with Crippen LogP contribution in [-0.4, -0.2) is 63.9 Å². The first kappa shape index (κ1) is 20.7. The van der Waals surface area contributed by atoms with Crippen LogP contribution in [0.25, 0.3) is 17.0 Å². The SMILES string of the molecule is COc1ccc(-c2nnc3ccc(N4CCC(C(=O)N5CCCCCC5)CC4)nn23)cc1. The molecule has 168 valence electrons. The molecule has 5 rings (SSSR count). The summed E-state index contributed by atoms with van der Waals surface area (Å²) in [5.41, 5.74) is 1.65. The standard InChI is InChI=1S/C24H30N6O2/c1-32-20-8-6-18(7-9-20)23-26-25-21-10-11-22(27-30(21)23)28-16-12-19(13-17-28)24(31)29-14-4-2-3-5-15-29/h6-11,19H,2-5,12-17H2,1H3. The maximum atomic E-state index is 13.0. The van der Waals surface area contributed by atoms with Crippen LogP contribution in [0.5, 0.6) is 5.75 Å². The number of fused-ring (bicyclic) bond motifs is 1. The molecule has 2 aliphatic heterocycles. The number of hydrogen-bond acceptors (Lipinski definition) is 6. The van der Waals surface area contributed by atoms with E-state index < -0.39 is 0 Å². The number of nitrogens with zero attached hydrogens (tertiary/aromatic N) is 6. The first-order valence-electron chi connectivity index (χ1n) is 11.6. The Morgan fingerprint density at radius 1 is 0.906 bits per heavy atom. The number of anilines is 1. The minimum Gasteiger partial charge on any atom is -0.497 e. The Morgan fingerprint density at radius 3 is 2.31 bits per heavy atom. The molecular formula is C24H30N6O2. The number of methoxy groups -OCH3 is 1. The summed E-state index contributed by atoms with van der Waals surface area (Å²) in [4.78, 5) is 17.4. The van der Waals surface area contributed by atoms with Crippen molar-refractivity contribution in [3.63, 3.8) is 0 Å². The number of ether oxygens (including phenoxy) is 1. The Balaban J connectivity index is 1.29. The molecule has 32 heavy (non-hydrogen) atoms. The molecule has 4 heterocycles. The lowest BCUT2D eigenvalue weighted by Crippen LogP contribution is -2.43. The van der Waals surface area contributed by atoms with E-state index in [0.717, 1.165) is 69.0 Å². The molecule has 0 atom stereocenters. The molecule has 0 unspecified atom stereocenters. The van der Waals surface area contributed by atoms with Crippen LogP contribution < -0.4 is 9.64 Å². The van der Waals surface area contributed by atoms with E-state index >= 15 is 0 Å². The smallest absolute Gasteiger partial charge is 0.225 e. The molecule has 3 aromatic rings. The van der Waals surface area contributed by atoms with Crippen LogP contribution >= 0.6 is 0 Å². The van der Waals surface area contributed by atoms with Gasteiger partial charge in [0.25, 0.3) is 0 Å². The zero-order chi connectivity index (χ0) is 21.9. The number of rotatable bonds is 4. The van der Waals surface area contributed by atoms with Gasteiger partial charge in [-0.2, -0.15) is 4.52 Å². The number of benzene rings is 1. The lowest BCUT2D eigenvalue weighted by molar-refractivity contribution is -0.136. The van der Waals surface area contributed by atoms with Crippen molar-refractivity contribution in [1.29, 1.82) is 0 Å². The molecule has 2 fully saturated rings. The van der Waals surface area contributed by atoms with Gasteiger partial charge in [0.05, 0.1) is 7.11 Å². The molecule has 2 aliphatic rings. The van der Waals surface area contributed by atoms with Crippen LogP contribution in [0.4, 0.5) is 5.82 Å². The van der Waals surface area contributed by atoms with Crippen molar-refractivity contribution in [3.8, 4) is 17.1 Å². The second-order valence-electron chi connectivity index (χ2n) is 8.71. The highest BCUT2D eigenvalue weighted by molar-refractivity contribution is 5.79. The Kier molecular flexibility index (Phi) is 5.92. The van der Waals surface area contributed by atoms with Crippen LogP contribution in [0.1, 0.15) is 38.5 Å². The molecule has 0 spiro atoms. The number of likely N-dealkylation sites (tertiary alicyclic amines) is 1. The van der Waals surface area contributed by atoms with Crippen molar-refractivity contribution >= 4 is 17.4 Å². The van der Waals surface area contributed by atoms with E-state index in [2.05, 4.69) is 20.0 Å². The topological polar surface area (TPSA) is 75.9 Å². The fraction of sp³-hybridized carbons (Fsp3) is 0.500. The predicted molar refractivity (Wildman–Crippen MR) is 123 cm³/mol. The lowest BCUT2D eigenvalue weighted by Gasteiger charge is -2.34. The minimum absolute atomic E-state index is 0.137. The quantitative estimate of drug-likeness (QED) is 0.626. The van der Waals surface area contributed by atoms with Gasteiger partial charge in [-0.25, -0.2) is 0 Å². The van der Waals surface area contributed by atoms with E-state index in [9.17, 15) is 4.79 Å². The Hall–Kier alpha value is -3.16. The highest BCUT2D eigenvalue weighted by atomic mass is 16.5. The molecule has 1 amide bonds. The van der Waals surface area contributed by atoms with Crippen molar-refractivity contribution in [2.75, 3.05) is 38.2 Å². The number of piperidine rings is 1. The Bertz CT molecular complexity index is 1060. The van der Waals surface area contributed by atoms with Crippen LogP contribution in [0.15, 0.2) is 36.4 Å². The summed E-state index contributed by atoms with van der Waals surface area (Å²) < 4.78 is 7.05. The molecule has 2 saturated heterocycles. The van der Waals surface area contributed by atoms with Crippen LogP contribution in [0.3, 0.4) is 0 Å². The maximum Gasteiger partial charge on any atom is 0.225 e. The highest BCUT2D eigenvalue weighted by Crippen LogP contribution is 2.26. The van der Waals surface area contributed by atoms with E-state index in [1.54, 1.807) is 11.6 Å². The molecule has 0 bridgehead atoms. The fourth-order valence-corrected chi connectivity index (χ4v) is 4.77. The van der Waals surface area contributed by atoms with Gasteiger partial charge in [-0.05, 0) is 62.1 Å². The largest absolute Gasteiger partial charge is 0.497 e. The molecule has 8 heteroatoms. The first-order valence-corrected chi connectivity index (χ1v) is 11.6. The highest BCUT2D eigenvalue weighted by Gasteiger charge is 2.29. The van der Waals surface area contributed by atoms with Crippen molar-refractivity contribution in [2.24, 2.45) is 5.92 Å². The summed E-state index contributed by atoms with van der Waals surface area (Å²) in [6.07, 6.45) is 6.54. The average molecular weight is 435 g/mol. The summed E-state index contributed by atoms with van der Waals surface area (Å²) in [6.45, 7) is 3.53. The van der Waals surface area contributed by atoms with Crippen LogP contribution in [-0.2, 0) is 4.79 Å². The van der Waals surface area contributed by atoms with Gasteiger partial charge in [0.2, 0.25) is 5.91 Å². The van der Waals surface area contributed by atoms with Crippen molar-refractivity contribution < 1.29 is 9.53 Å². The molecule has 2 aromatic heterocycles. The molecule has 8 nitrogen and oxygen atoms in total. The molecule has 0 saturated carbocycles. The zero-order valence-electron chi connectivity index (χ0n) is 18.6. The lowest BCUT2D eigenvalue weighted by atomic mass is 9.95. The van der Waals surface area contributed by atoms with Gasteiger partial charge in [-0.1, -0.05) is 12.8 Å². The minimum atomic E-state index is 0.137. The van der Waals surface area contributed by atoms with Gasteiger partial charge in [0.15, 0.2) is 11.5 Å². The summed E-state index contributed by atoms with van der Waals surface area (Å²) in [5.74, 6) is 2.89. The van der Waals surface area contributed by atoms with E-state index in [0.29, 0.717) is 17.4 Å². The van der Waals surface area contributed by atoms with Gasteiger partial charge >= 0.3 is 0 Å².